The number of amides is 1. The summed E-state index contributed by atoms with van der Waals surface area (Å²) in [5.41, 5.74) is -0.937. The number of nitrogens with one attached hydrogen (secondary N) is 1. The van der Waals surface area contributed by atoms with Gasteiger partial charge in [-0.1, -0.05) is 45.9 Å². The summed E-state index contributed by atoms with van der Waals surface area (Å²) < 4.78 is 37.1. The lowest BCUT2D eigenvalue weighted by Crippen LogP contribution is -2.56. The Morgan fingerprint density at radius 2 is 1.55 bits per heavy atom. The van der Waals surface area contributed by atoms with Gasteiger partial charge in [-0.25, -0.2) is 0 Å². The number of phenols is 1. The molecule has 58 heavy (non-hydrogen) atoms. The van der Waals surface area contributed by atoms with Gasteiger partial charge in [0, 0.05) is 68.9 Å². The molecular weight excluding hydrogens is 748 g/mol. The second-order valence-corrected chi connectivity index (χ2v) is 16.8. The highest BCUT2D eigenvalue weighted by Crippen LogP contribution is 2.49. The maximum Gasteiger partial charge on any atom is 0.312 e. The molecule has 2 N–H and O–H groups in total. The molecule has 1 amide bonds. The van der Waals surface area contributed by atoms with Gasteiger partial charge in [0.05, 0.1) is 41.3 Å². The summed E-state index contributed by atoms with van der Waals surface area (Å²) in [5.74, 6) is -8.18. The Kier molecular flexibility index (Phi) is 11.9. The summed E-state index contributed by atoms with van der Waals surface area (Å²) in [7, 11) is 1.50. The minimum atomic E-state index is -2.02. The zero-order valence-electron chi connectivity index (χ0n) is 35.2. The van der Waals surface area contributed by atoms with Gasteiger partial charge in [-0.2, -0.15) is 0 Å². The van der Waals surface area contributed by atoms with E-state index in [2.05, 4.69) is 5.32 Å². The number of fused-ring (bicyclic) bond motifs is 10. The van der Waals surface area contributed by atoms with Crippen molar-refractivity contribution in [2.24, 2.45) is 23.7 Å². The molecule has 1 aliphatic carbocycles. The normalized spacial score (nSPS) is 32.8. The number of ether oxygens (including phenoxy) is 6. The lowest BCUT2D eigenvalue weighted by atomic mass is 9.77. The number of carbonyl (C=O) groups excluding carboxylic acids is 5. The van der Waals surface area contributed by atoms with E-state index in [4.69, 9.17) is 28.4 Å². The number of allylic oxidation sites excluding steroid dienone is 4. The maximum absolute atomic E-state index is 14.7. The van der Waals surface area contributed by atoms with Gasteiger partial charge in [-0.3, -0.25) is 24.0 Å². The molecule has 7 bridgehead atoms. The van der Waals surface area contributed by atoms with Gasteiger partial charge in [-0.05, 0) is 46.6 Å². The SMILES string of the molecule is CO[C@H]1C=CO[C@@]2(C)Oc3c(C)c(O)c4c(c3C2=O)C(=O)C(N2CCCC2)=C(NC(=O)C(C)=CC=C[C@H](C)[C@@H]2OC(C)(C)O[C@H]([C@H](C)[C@H](OC(C)=O)[C@@H]1C)[C@@H]2C)C4=O. The Hall–Kier alpha value is -4.79. The second-order valence-electron chi connectivity index (χ2n) is 16.8. The van der Waals surface area contributed by atoms with E-state index in [1.807, 2.05) is 47.6 Å². The van der Waals surface area contributed by atoms with E-state index < -0.39 is 76.3 Å². The molecule has 0 spiro atoms. The van der Waals surface area contributed by atoms with Crippen molar-refractivity contribution in [2.75, 3.05) is 20.2 Å². The fourth-order valence-corrected chi connectivity index (χ4v) is 9.00. The minimum absolute atomic E-state index is 0.0473. The monoisotopic (exact) mass is 804 g/mol. The fourth-order valence-electron chi connectivity index (χ4n) is 9.00. The van der Waals surface area contributed by atoms with Crippen LogP contribution in [0.3, 0.4) is 0 Å². The standard InChI is InChI=1S/C44H56N2O12/c1-21-15-14-16-22(2)42(52)45-32-33(46-18-12-13-19-46)36(50)29-30(35(32)49)34(48)24(4)40-31(29)41(51)44(10,58-40)54-20-17-28(53-11)23(3)38(55-27(7)47)26(6)39-25(5)37(21)56-43(8,9)57-39/h14-17,20-21,23,25-26,28,37-39,48H,12-13,18-19H2,1-11H3,(H,45,52)/t21-,23+,25+,26+,28-,37-,38+,39-,44-/m0/s1. The van der Waals surface area contributed by atoms with Crippen LogP contribution >= 0.6 is 0 Å². The number of hydrogen-bond donors (Lipinski definition) is 2. The van der Waals surface area contributed by atoms with Crippen molar-refractivity contribution < 1.29 is 57.5 Å². The van der Waals surface area contributed by atoms with E-state index >= 15 is 0 Å². The van der Waals surface area contributed by atoms with E-state index in [0.29, 0.717) is 13.1 Å². The van der Waals surface area contributed by atoms with Gasteiger partial charge in [-0.15, -0.1) is 0 Å². The Balaban J connectivity index is 1.50. The van der Waals surface area contributed by atoms with Crippen LogP contribution < -0.4 is 10.1 Å². The molecule has 0 aromatic heterocycles. The van der Waals surface area contributed by atoms with Gasteiger partial charge >= 0.3 is 11.8 Å². The molecular formula is C44H56N2O12. The predicted molar refractivity (Wildman–Crippen MR) is 211 cm³/mol. The molecule has 1 aromatic rings. The summed E-state index contributed by atoms with van der Waals surface area (Å²) in [4.78, 5) is 71.7. The number of likely N-dealkylation sites (tertiary alicyclic amines) is 1. The maximum atomic E-state index is 14.7. The van der Waals surface area contributed by atoms with Gasteiger partial charge < -0.3 is 43.7 Å². The highest BCUT2D eigenvalue weighted by molar-refractivity contribution is 6.32. The van der Waals surface area contributed by atoms with E-state index in [0.717, 1.165) is 12.8 Å². The Morgan fingerprint density at radius 1 is 0.897 bits per heavy atom. The number of phenolic OH excluding ortho intramolecular Hbond substituents is 1. The van der Waals surface area contributed by atoms with Crippen molar-refractivity contribution in [3.8, 4) is 11.5 Å². The van der Waals surface area contributed by atoms with Crippen molar-refractivity contribution in [1.29, 1.82) is 0 Å². The van der Waals surface area contributed by atoms with Crippen LogP contribution in [0.2, 0.25) is 0 Å². The Morgan fingerprint density at radius 3 is 2.19 bits per heavy atom. The highest BCUT2D eigenvalue weighted by Gasteiger charge is 2.53. The van der Waals surface area contributed by atoms with E-state index in [-0.39, 0.29) is 63.3 Å². The molecule has 0 saturated carbocycles. The summed E-state index contributed by atoms with van der Waals surface area (Å²) in [6.07, 6.45) is 7.44. The van der Waals surface area contributed by atoms with Crippen LogP contribution in [-0.4, -0.2) is 95.4 Å². The van der Waals surface area contributed by atoms with Crippen LogP contribution in [0, 0.1) is 30.6 Å². The third kappa shape index (κ3) is 7.61. The van der Waals surface area contributed by atoms with Gasteiger partial charge in [0.25, 0.3) is 11.7 Å². The van der Waals surface area contributed by atoms with Crippen LogP contribution in [0.5, 0.6) is 11.5 Å². The van der Waals surface area contributed by atoms with Crippen molar-refractivity contribution in [1.82, 2.24) is 10.2 Å². The minimum Gasteiger partial charge on any atom is -0.507 e. The molecule has 7 rings (SSSR count). The van der Waals surface area contributed by atoms with E-state index in [1.165, 1.54) is 34.1 Å². The molecule has 14 nitrogen and oxygen atoms in total. The lowest BCUT2D eigenvalue weighted by Gasteiger charge is -2.50. The summed E-state index contributed by atoms with van der Waals surface area (Å²) in [5, 5.41) is 14.2. The van der Waals surface area contributed by atoms with Crippen molar-refractivity contribution >= 4 is 29.2 Å². The topological polar surface area (TPSA) is 176 Å². The van der Waals surface area contributed by atoms with E-state index in [9.17, 15) is 29.1 Å². The van der Waals surface area contributed by atoms with E-state index in [1.54, 1.807) is 30.1 Å². The first kappa shape index (κ1) is 42.8. The molecule has 9 atom stereocenters. The largest absolute Gasteiger partial charge is 0.507 e. The molecule has 5 aliphatic heterocycles. The number of aromatic hydroxyl groups is 1. The van der Waals surface area contributed by atoms with Crippen LogP contribution in [0.15, 0.2) is 47.5 Å². The average Bonchev–Trinajstić information content (AvgIpc) is 3.79. The molecule has 0 unspecified atom stereocenters. The molecule has 1 aromatic carbocycles. The first-order chi connectivity index (χ1) is 27.2. The number of benzene rings is 1. The van der Waals surface area contributed by atoms with Crippen molar-refractivity contribution in [3.05, 3.63) is 69.8 Å². The molecule has 5 heterocycles. The van der Waals surface area contributed by atoms with Crippen molar-refractivity contribution in [3.63, 3.8) is 0 Å². The van der Waals surface area contributed by atoms with Gasteiger partial charge in [0.1, 0.15) is 29.0 Å². The molecule has 314 valence electrons. The molecule has 14 heteroatoms. The molecule has 2 fully saturated rings. The average molecular weight is 805 g/mol. The number of methoxy groups -OCH3 is 1. The zero-order valence-corrected chi connectivity index (χ0v) is 35.2. The zero-order chi connectivity index (χ0) is 42.6. The fraction of sp³-hybridized carbons (Fsp3) is 0.568. The highest BCUT2D eigenvalue weighted by atomic mass is 16.7. The number of rotatable bonds is 3. The van der Waals surface area contributed by atoms with Crippen LogP contribution in [0.1, 0.15) is 112 Å². The van der Waals surface area contributed by atoms with Crippen LogP contribution in [-0.2, 0) is 33.3 Å². The third-order valence-electron chi connectivity index (χ3n) is 12.1. The van der Waals surface area contributed by atoms with Crippen LogP contribution in [0.4, 0.5) is 0 Å². The quantitative estimate of drug-likeness (QED) is 0.348. The number of nitrogens with zero attached hydrogens (tertiary/aromatic N) is 1. The smallest absolute Gasteiger partial charge is 0.312 e. The van der Waals surface area contributed by atoms with Gasteiger partial charge in [0.15, 0.2) is 5.79 Å². The number of carbonyl (C=O) groups is 5. The lowest BCUT2D eigenvalue weighted by molar-refractivity contribution is -0.336. The summed E-state index contributed by atoms with van der Waals surface area (Å²) in [6, 6.07) is 0. The summed E-state index contributed by atoms with van der Waals surface area (Å²) >= 11 is 0. The Labute approximate surface area is 339 Å². The first-order valence-electron chi connectivity index (χ1n) is 20.0. The Bertz CT molecular complexity index is 2020. The predicted octanol–water partition coefficient (Wildman–Crippen LogP) is 5.85. The van der Waals surface area contributed by atoms with Crippen LogP contribution in [0.25, 0.3) is 0 Å². The molecule has 6 aliphatic rings. The number of ketones is 3. The second kappa shape index (κ2) is 16.1. The molecule has 2 saturated heterocycles. The number of Topliss-reactive ketones (excluding diaryl/α,β-unsaturated/α-hetero) is 3. The first-order valence-corrected chi connectivity index (χ1v) is 20.0. The number of esters is 1. The van der Waals surface area contributed by atoms with Crippen molar-refractivity contribution in [2.45, 2.75) is 118 Å². The van der Waals surface area contributed by atoms with Gasteiger partial charge in [0.2, 0.25) is 11.6 Å². The molecule has 0 radical (unpaired) electrons. The number of hydrogen-bond acceptors (Lipinski definition) is 13. The third-order valence-corrected chi connectivity index (χ3v) is 12.1. The summed E-state index contributed by atoms with van der Waals surface area (Å²) in [6.45, 7) is 18.2.